The van der Waals surface area contributed by atoms with Gasteiger partial charge in [0.15, 0.2) is 17.7 Å². The number of cyclic esters (lactones) is 1. The van der Waals surface area contributed by atoms with Gasteiger partial charge in [-0.3, -0.25) is 24.2 Å². The predicted octanol–water partition coefficient (Wildman–Crippen LogP) is 5.85. The van der Waals surface area contributed by atoms with Gasteiger partial charge in [0.25, 0.3) is 0 Å². The summed E-state index contributed by atoms with van der Waals surface area (Å²) in [6.45, 7) is 14.7. The minimum atomic E-state index is -1.27. The standard InChI is InChI=1S/C50H73N11O9.CH3FS/c1-11-41-50(7)44(61(48(65)70-50)22-15-14-21-59-28-38(54-56-59)34-17-16-18-35(51)23-34)33(5)53-26-30(2)25-49(6,66-10)45(31(3)42(62)32(4)46(64)68-41)69-47-43(63)40(58(8)9)24-36(67-47)27-60-29-39(55-57-60)37-19-12-13-20-52-37;1-3-2/h12-13,16-20,23,28-33,36,40-41,43-45,47,53,63H,11,14-15,21-22,24-27,51H2,1-10H3;1H3/t30-,31+,32-,33-,36?,40?,41-,43?,44-,45-,47+,49-,50-;/m1./s1. The monoisotopic (exact) mass is 1040 g/mol. The second-order valence-corrected chi connectivity index (χ2v) is 20.6. The highest BCUT2D eigenvalue weighted by Crippen LogP contribution is 2.40. The highest BCUT2D eigenvalue weighted by atomic mass is 32.2. The summed E-state index contributed by atoms with van der Waals surface area (Å²) >= 11 is 0.250. The molecule has 13 atom stereocenters. The van der Waals surface area contributed by atoms with E-state index in [-0.39, 0.29) is 30.1 Å². The summed E-state index contributed by atoms with van der Waals surface area (Å²) in [6.07, 6.45) is 4.11. The number of Topliss-reactive ketones (excluding diaryl/α,β-unsaturated/α-hetero) is 1. The van der Waals surface area contributed by atoms with E-state index in [2.05, 4.69) is 37.8 Å². The summed E-state index contributed by atoms with van der Waals surface area (Å²) in [4.78, 5) is 51.0. The fourth-order valence-electron chi connectivity index (χ4n) is 10.7. The number of hydrogen-bond donors (Lipinski definition) is 3. The quantitative estimate of drug-likeness (QED) is 0.0581. The number of amides is 1. The van der Waals surface area contributed by atoms with Crippen molar-refractivity contribution in [1.29, 1.82) is 0 Å². The summed E-state index contributed by atoms with van der Waals surface area (Å²) < 4.78 is 46.0. The number of aliphatic hydroxyl groups excluding tert-OH is 1. The number of halogens is 1. The lowest BCUT2D eigenvalue weighted by molar-refractivity contribution is -0.299. The van der Waals surface area contributed by atoms with Crippen LogP contribution in [0.1, 0.15) is 80.6 Å². The average Bonchev–Trinajstić information content (AvgIpc) is 4.11. The molecule has 1 amide bonds. The molecule has 0 spiro atoms. The molecule has 1 aromatic carbocycles. The van der Waals surface area contributed by atoms with Gasteiger partial charge in [-0.25, -0.2) is 9.48 Å². The first-order valence-corrected chi connectivity index (χ1v) is 26.3. The number of rotatable bonds is 14. The number of hydrogen-bond acceptors (Lipinski definition) is 18. The van der Waals surface area contributed by atoms with Gasteiger partial charge in [0.05, 0.1) is 48.5 Å². The minimum Gasteiger partial charge on any atom is -0.458 e. The summed E-state index contributed by atoms with van der Waals surface area (Å²) in [5.74, 6) is -3.42. The number of aliphatic hydroxyl groups is 1. The zero-order valence-electron chi connectivity index (χ0n) is 44.1. The van der Waals surface area contributed by atoms with Crippen molar-refractivity contribution < 1.29 is 47.1 Å². The molecule has 402 valence electrons. The summed E-state index contributed by atoms with van der Waals surface area (Å²) in [5.41, 5.74) is 7.12. The molecule has 0 radical (unpaired) electrons. The third-order valence-corrected chi connectivity index (χ3v) is 14.6. The topological polar surface area (TPSA) is 236 Å². The number of anilines is 1. The first-order chi connectivity index (χ1) is 34.8. The van der Waals surface area contributed by atoms with Crippen LogP contribution in [0.5, 0.6) is 0 Å². The molecular formula is C51H76FN11O9S. The van der Waals surface area contributed by atoms with Crippen LogP contribution in [-0.2, 0) is 46.4 Å². The Morgan fingerprint density at radius 2 is 1.68 bits per heavy atom. The van der Waals surface area contributed by atoms with Crippen LogP contribution in [0.4, 0.5) is 14.4 Å². The van der Waals surface area contributed by atoms with Gasteiger partial charge < -0.3 is 44.7 Å². The molecule has 7 rings (SSSR count). The van der Waals surface area contributed by atoms with E-state index in [0.29, 0.717) is 75.4 Å². The molecule has 22 heteroatoms. The first kappa shape index (κ1) is 57.2. The summed E-state index contributed by atoms with van der Waals surface area (Å²) in [7, 11) is 5.35. The van der Waals surface area contributed by atoms with Crippen LogP contribution < -0.4 is 11.1 Å². The number of aromatic nitrogens is 7. The lowest BCUT2D eigenvalue weighted by atomic mass is 9.78. The van der Waals surface area contributed by atoms with E-state index >= 15 is 0 Å². The van der Waals surface area contributed by atoms with Crippen molar-refractivity contribution >= 4 is 35.7 Å². The summed E-state index contributed by atoms with van der Waals surface area (Å²) in [6, 6.07) is 11.8. The first-order valence-electron chi connectivity index (χ1n) is 25.2. The van der Waals surface area contributed by atoms with Gasteiger partial charge in [0, 0.05) is 74.1 Å². The second-order valence-electron chi connectivity index (χ2n) is 20.3. The smallest absolute Gasteiger partial charge is 0.410 e. The number of likely N-dealkylation sites (N-methyl/N-ethyl adjacent to an activating group) is 1. The molecule has 3 aliphatic heterocycles. The van der Waals surface area contributed by atoms with Gasteiger partial charge in [-0.1, -0.05) is 49.4 Å². The maximum Gasteiger partial charge on any atom is 0.410 e. The van der Waals surface area contributed by atoms with Crippen molar-refractivity contribution in [2.45, 2.75) is 154 Å². The molecule has 0 saturated carbocycles. The molecule has 3 aromatic heterocycles. The van der Waals surface area contributed by atoms with Crippen LogP contribution in [-0.4, -0.2) is 168 Å². The molecule has 4 N–H and O–H groups in total. The molecular weight excluding hydrogens is 962 g/mol. The van der Waals surface area contributed by atoms with E-state index in [4.69, 9.17) is 29.4 Å². The number of ketones is 1. The van der Waals surface area contributed by atoms with Crippen molar-refractivity contribution in [2.24, 2.45) is 17.8 Å². The van der Waals surface area contributed by atoms with E-state index in [9.17, 15) is 23.4 Å². The Kier molecular flexibility index (Phi) is 19.9. The van der Waals surface area contributed by atoms with Gasteiger partial charge in [0.2, 0.25) is 0 Å². The van der Waals surface area contributed by atoms with Crippen molar-refractivity contribution in [2.75, 3.05) is 46.3 Å². The van der Waals surface area contributed by atoms with Crippen LogP contribution >= 0.6 is 12.1 Å². The zero-order chi connectivity index (χ0) is 53.2. The highest BCUT2D eigenvalue weighted by Gasteiger charge is 2.59. The number of aryl methyl sites for hydroxylation is 1. The van der Waals surface area contributed by atoms with Gasteiger partial charge in [-0.2, -0.15) is 3.89 Å². The van der Waals surface area contributed by atoms with E-state index in [1.54, 1.807) is 40.7 Å². The molecule has 3 aliphatic rings. The van der Waals surface area contributed by atoms with Crippen molar-refractivity contribution in [3.05, 3.63) is 61.1 Å². The number of methoxy groups -OCH3 is 1. The van der Waals surface area contributed by atoms with E-state index in [1.165, 1.54) is 13.2 Å². The number of esters is 1. The molecule has 3 unspecified atom stereocenters. The molecule has 4 aromatic rings. The van der Waals surface area contributed by atoms with E-state index in [0.717, 1.165) is 11.3 Å². The van der Waals surface area contributed by atoms with Gasteiger partial charge >= 0.3 is 12.1 Å². The molecule has 6 heterocycles. The number of pyridine rings is 1. The normalized spacial score (nSPS) is 31.5. The third kappa shape index (κ3) is 13.6. The molecule has 3 saturated heterocycles. The number of benzene rings is 1. The maximum atomic E-state index is 14.7. The number of ether oxygens (including phenoxy) is 5. The van der Waals surface area contributed by atoms with Crippen LogP contribution in [0.2, 0.25) is 0 Å². The highest BCUT2D eigenvalue weighted by molar-refractivity contribution is 7.93. The number of unbranched alkanes of at least 4 members (excludes halogenated alkanes) is 1. The SMILES string of the molecule is CC[C@H]1OC(=O)[C@H](C)C(=O)[C@H](C)[C@@H](O[C@@H]2OC(Cn3cc(-c4ccccn4)nn3)CC(N(C)C)C2O)[C@](C)(OC)C[C@@H](C)CN[C@H](C)[C@H]2N(CCCCn3cc(-c4cccc(N)c4)nn3)C(=O)O[C@]12C.CSF. The molecule has 73 heavy (non-hydrogen) atoms. The van der Waals surface area contributed by atoms with Crippen molar-refractivity contribution in [3.8, 4) is 22.6 Å². The Hall–Kier alpha value is -5.10. The Balaban J connectivity index is 0.00000283. The zero-order valence-corrected chi connectivity index (χ0v) is 44.9. The molecule has 0 aliphatic carbocycles. The number of carbonyl (C=O) groups excluding carboxylic acids is 3. The second kappa shape index (κ2) is 25.4. The van der Waals surface area contributed by atoms with Crippen LogP contribution in [0.3, 0.4) is 0 Å². The number of carbonyl (C=O) groups is 3. The van der Waals surface area contributed by atoms with Gasteiger partial charge in [0.1, 0.15) is 29.5 Å². The van der Waals surface area contributed by atoms with Crippen LogP contribution in [0.25, 0.3) is 22.6 Å². The number of nitrogens with zero attached hydrogens (tertiary/aromatic N) is 9. The Labute approximate surface area is 432 Å². The molecule has 3 fully saturated rings. The fourth-order valence-corrected chi connectivity index (χ4v) is 10.7. The summed E-state index contributed by atoms with van der Waals surface area (Å²) in [5, 5.41) is 32.9. The number of nitrogen functional groups attached to an aromatic ring is 1. The largest absolute Gasteiger partial charge is 0.458 e. The van der Waals surface area contributed by atoms with Crippen LogP contribution in [0, 0.1) is 17.8 Å². The predicted molar refractivity (Wildman–Crippen MR) is 274 cm³/mol. The van der Waals surface area contributed by atoms with Gasteiger partial charge in [-0.15, -0.1) is 10.2 Å². The third-order valence-electron chi connectivity index (χ3n) is 14.6. The lowest BCUT2D eigenvalue weighted by Gasteiger charge is -2.47. The van der Waals surface area contributed by atoms with E-state index < -0.39 is 77.6 Å². The molecule has 20 nitrogen and oxygen atoms in total. The number of fused-ring (bicyclic) bond motifs is 1. The van der Waals surface area contributed by atoms with Crippen LogP contribution in [0.15, 0.2) is 61.1 Å². The van der Waals surface area contributed by atoms with Crippen molar-refractivity contribution in [3.63, 3.8) is 0 Å². The van der Waals surface area contributed by atoms with Gasteiger partial charge in [-0.05, 0) is 111 Å². The Morgan fingerprint density at radius 1 is 0.986 bits per heavy atom. The number of nitrogens with one attached hydrogen (secondary N) is 1. The minimum absolute atomic E-state index is 0.0686. The van der Waals surface area contributed by atoms with E-state index in [1.807, 2.05) is 95.4 Å². The Bertz CT molecular complexity index is 2420. The maximum absolute atomic E-state index is 14.7. The lowest BCUT2D eigenvalue weighted by Crippen LogP contribution is -2.61. The molecule has 0 bridgehead atoms. The number of nitrogens with two attached hydrogens (primary N) is 1. The average molecular weight is 1040 g/mol. The Morgan fingerprint density at radius 3 is 2.36 bits per heavy atom. The fraction of sp³-hybridized carbons (Fsp3) is 0.647. The van der Waals surface area contributed by atoms with Crippen molar-refractivity contribution in [1.82, 2.24) is 50.1 Å².